The van der Waals surface area contributed by atoms with E-state index in [2.05, 4.69) is 37.5 Å². The molecule has 3 rings (SSSR count). The molecule has 1 aliphatic carbocycles. The minimum absolute atomic E-state index is 0.0523. The van der Waals surface area contributed by atoms with E-state index < -0.39 is 5.91 Å². The van der Waals surface area contributed by atoms with Gasteiger partial charge in [0.15, 0.2) is 11.5 Å². The molecule has 11 heteroatoms. The smallest absolute Gasteiger partial charge is 0.273 e. The molecule has 4 N–H and O–H groups in total. The summed E-state index contributed by atoms with van der Waals surface area (Å²) in [6.45, 7) is 3.47. The molecule has 28 heavy (non-hydrogen) atoms. The zero-order valence-electron chi connectivity index (χ0n) is 15.8. The fraction of sp³-hybridized carbons (Fsp3) is 0.412. The van der Waals surface area contributed by atoms with Crippen LogP contribution in [0.15, 0.2) is 25.0 Å². The van der Waals surface area contributed by atoms with Gasteiger partial charge in [-0.15, -0.1) is 10.2 Å². The van der Waals surface area contributed by atoms with Crippen LogP contribution in [0.1, 0.15) is 29.8 Å². The van der Waals surface area contributed by atoms with Gasteiger partial charge in [-0.25, -0.2) is 0 Å². The summed E-state index contributed by atoms with van der Waals surface area (Å²) < 4.78 is 1.62. The number of anilines is 3. The van der Waals surface area contributed by atoms with Crippen LogP contribution in [0.2, 0.25) is 0 Å². The van der Waals surface area contributed by atoms with E-state index in [0.29, 0.717) is 11.6 Å². The van der Waals surface area contributed by atoms with E-state index in [1.165, 1.54) is 6.08 Å². The van der Waals surface area contributed by atoms with Crippen molar-refractivity contribution in [1.29, 1.82) is 0 Å². The van der Waals surface area contributed by atoms with E-state index in [4.69, 9.17) is 5.73 Å². The van der Waals surface area contributed by atoms with Gasteiger partial charge < -0.3 is 21.3 Å². The average Bonchev–Trinajstić information content (AvgIpc) is 3.29. The first-order chi connectivity index (χ1) is 13.4. The first-order valence-corrected chi connectivity index (χ1v) is 8.83. The molecule has 1 aliphatic rings. The largest absolute Gasteiger partial charge is 0.364 e. The molecule has 0 spiro atoms. The lowest BCUT2D eigenvalue weighted by Gasteiger charge is -2.24. The standard InChI is InChI=1S/C17H23N9O2/c1-4-13(27)20-10-5-6-12(7-10)26(3)17-22-16(14(15(18)28)23-24-17)21-11-8-19-25(2)9-11/h4,8-10,12H,1,5-7H2,2-3H3,(H2,18,28)(H,20,27)(H,21,22,24)/t10?,12-/m1/s1. The fourth-order valence-electron chi connectivity index (χ4n) is 3.21. The number of amides is 2. The molecular formula is C17H23N9O2. The van der Waals surface area contributed by atoms with E-state index in [9.17, 15) is 9.59 Å². The third-order valence-corrected chi connectivity index (χ3v) is 4.68. The molecule has 1 unspecified atom stereocenters. The van der Waals surface area contributed by atoms with E-state index in [0.717, 1.165) is 19.3 Å². The number of nitrogens with zero attached hydrogens (tertiary/aromatic N) is 6. The summed E-state index contributed by atoms with van der Waals surface area (Å²) in [7, 11) is 3.64. The summed E-state index contributed by atoms with van der Waals surface area (Å²) in [5, 5.41) is 18.0. The third kappa shape index (κ3) is 4.24. The van der Waals surface area contributed by atoms with Gasteiger partial charge in [0.1, 0.15) is 0 Å². The second-order valence-corrected chi connectivity index (χ2v) is 6.69. The molecule has 0 aromatic carbocycles. The minimum Gasteiger partial charge on any atom is -0.364 e. The first kappa shape index (κ1) is 19.3. The quantitative estimate of drug-likeness (QED) is 0.570. The van der Waals surface area contributed by atoms with Crippen molar-refractivity contribution >= 4 is 29.3 Å². The fourth-order valence-corrected chi connectivity index (χ4v) is 3.21. The Morgan fingerprint density at radius 2 is 2.18 bits per heavy atom. The maximum Gasteiger partial charge on any atom is 0.273 e. The Labute approximate surface area is 162 Å². The summed E-state index contributed by atoms with van der Waals surface area (Å²) in [6.07, 6.45) is 7.07. The highest BCUT2D eigenvalue weighted by Gasteiger charge is 2.30. The molecule has 0 bridgehead atoms. The number of aryl methyl sites for hydroxylation is 1. The molecule has 0 saturated heterocycles. The van der Waals surface area contributed by atoms with Gasteiger partial charge in [0, 0.05) is 32.4 Å². The van der Waals surface area contributed by atoms with Crippen molar-refractivity contribution in [1.82, 2.24) is 30.3 Å². The Hall–Kier alpha value is -3.50. The lowest BCUT2D eigenvalue weighted by molar-refractivity contribution is -0.117. The monoisotopic (exact) mass is 385 g/mol. The van der Waals surface area contributed by atoms with Crippen LogP contribution in [0.5, 0.6) is 0 Å². The number of carbonyl (C=O) groups is 2. The van der Waals surface area contributed by atoms with Gasteiger partial charge in [0.25, 0.3) is 5.91 Å². The molecule has 1 saturated carbocycles. The van der Waals surface area contributed by atoms with Crippen LogP contribution in [0.25, 0.3) is 0 Å². The predicted molar refractivity (Wildman–Crippen MR) is 103 cm³/mol. The zero-order valence-corrected chi connectivity index (χ0v) is 15.8. The second kappa shape index (κ2) is 8.03. The van der Waals surface area contributed by atoms with Crippen molar-refractivity contribution in [3.05, 3.63) is 30.7 Å². The Bertz CT molecular complexity index is 895. The van der Waals surface area contributed by atoms with Crippen molar-refractivity contribution < 1.29 is 9.59 Å². The second-order valence-electron chi connectivity index (χ2n) is 6.69. The Morgan fingerprint density at radius 1 is 1.39 bits per heavy atom. The summed E-state index contributed by atoms with van der Waals surface area (Å²) >= 11 is 0. The summed E-state index contributed by atoms with van der Waals surface area (Å²) in [5.74, 6) is -0.336. The number of carbonyl (C=O) groups excluding carboxylic acids is 2. The Kier molecular flexibility index (Phi) is 5.52. The Balaban J connectivity index is 1.78. The zero-order chi connectivity index (χ0) is 20.3. The molecule has 2 aromatic rings. The average molecular weight is 385 g/mol. The van der Waals surface area contributed by atoms with Crippen LogP contribution in [-0.4, -0.2) is 55.9 Å². The first-order valence-electron chi connectivity index (χ1n) is 8.83. The summed E-state index contributed by atoms with van der Waals surface area (Å²) in [6, 6.07) is 0.200. The topological polar surface area (TPSA) is 144 Å². The highest BCUT2D eigenvalue weighted by molar-refractivity contribution is 5.96. The van der Waals surface area contributed by atoms with Crippen molar-refractivity contribution in [3.8, 4) is 0 Å². The van der Waals surface area contributed by atoms with Crippen LogP contribution in [0, 0.1) is 0 Å². The number of primary amides is 1. The number of rotatable bonds is 7. The Morgan fingerprint density at radius 3 is 2.82 bits per heavy atom. The van der Waals surface area contributed by atoms with E-state index in [1.807, 2.05) is 11.9 Å². The SMILES string of the molecule is C=CC(=O)NC1CC[C@@H](N(C)c2nnc(C(N)=O)c(Nc3cnn(C)c3)n2)C1. The molecule has 0 aliphatic heterocycles. The maximum absolute atomic E-state index is 11.7. The van der Waals surface area contributed by atoms with Gasteiger partial charge in [-0.2, -0.15) is 10.1 Å². The van der Waals surface area contributed by atoms with Gasteiger partial charge >= 0.3 is 0 Å². The maximum atomic E-state index is 11.7. The van der Waals surface area contributed by atoms with Crippen LogP contribution in [-0.2, 0) is 11.8 Å². The highest BCUT2D eigenvalue weighted by Crippen LogP contribution is 2.27. The minimum atomic E-state index is -0.728. The summed E-state index contributed by atoms with van der Waals surface area (Å²) in [5.41, 5.74) is 5.99. The number of nitrogens with one attached hydrogen (secondary N) is 2. The van der Waals surface area contributed by atoms with E-state index in [-0.39, 0.29) is 29.5 Å². The highest BCUT2D eigenvalue weighted by atomic mass is 16.2. The van der Waals surface area contributed by atoms with Crippen LogP contribution >= 0.6 is 0 Å². The molecule has 148 valence electrons. The number of aromatic nitrogens is 5. The number of nitrogens with two attached hydrogens (primary N) is 1. The molecular weight excluding hydrogens is 362 g/mol. The van der Waals surface area contributed by atoms with E-state index >= 15 is 0 Å². The molecule has 2 heterocycles. The summed E-state index contributed by atoms with van der Waals surface area (Å²) in [4.78, 5) is 29.5. The van der Waals surface area contributed by atoms with Crippen molar-refractivity contribution in [3.63, 3.8) is 0 Å². The van der Waals surface area contributed by atoms with Crippen molar-refractivity contribution in [2.75, 3.05) is 17.3 Å². The van der Waals surface area contributed by atoms with Gasteiger partial charge in [-0.1, -0.05) is 6.58 Å². The lowest BCUT2D eigenvalue weighted by Crippen LogP contribution is -2.36. The van der Waals surface area contributed by atoms with Gasteiger partial charge in [-0.3, -0.25) is 14.3 Å². The van der Waals surface area contributed by atoms with Crippen LogP contribution in [0.3, 0.4) is 0 Å². The predicted octanol–water partition coefficient (Wildman–Crippen LogP) is 0.107. The number of hydrogen-bond acceptors (Lipinski definition) is 8. The molecule has 0 radical (unpaired) electrons. The van der Waals surface area contributed by atoms with E-state index in [1.54, 1.807) is 24.1 Å². The van der Waals surface area contributed by atoms with Gasteiger partial charge in [-0.05, 0) is 25.3 Å². The van der Waals surface area contributed by atoms with Gasteiger partial charge in [0.2, 0.25) is 11.9 Å². The third-order valence-electron chi connectivity index (χ3n) is 4.68. The molecule has 11 nitrogen and oxygen atoms in total. The molecule has 2 amide bonds. The van der Waals surface area contributed by atoms with Crippen molar-refractivity contribution in [2.45, 2.75) is 31.3 Å². The lowest BCUT2D eigenvalue weighted by atomic mass is 10.2. The van der Waals surface area contributed by atoms with Gasteiger partial charge in [0.05, 0.1) is 11.9 Å². The number of hydrogen-bond donors (Lipinski definition) is 3. The van der Waals surface area contributed by atoms with Crippen LogP contribution in [0.4, 0.5) is 17.5 Å². The normalized spacial score (nSPS) is 18.5. The molecule has 2 atom stereocenters. The molecule has 1 fully saturated rings. The molecule has 2 aromatic heterocycles. The van der Waals surface area contributed by atoms with Crippen molar-refractivity contribution in [2.24, 2.45) is 12.8 Å². The van der Waals surface area contributed by atoms with Crippen LogP contribution < -0.4 is 21.3 Å².